The molecule has 0 bridgehead atoms. The van der Waals surface area contributed by atoms with Gasteiger partial charge in [0.1, 0.15) is 0 Å². The van der Waals surface area contributed by atoms with Crippen LogP contribution in [-0.4, -0.2) is 30.4 Å². The highest BCUT2D eigenvalue weighted by Crippen LogP contribution is 2.44. The second-order valence-electron chi connectivity index (χ2n) is 6.59. The predicted molar refractivity (Wildman–Crippen MR) is 132 cm³/mol. The normalized spacial score (nSPS) is 11.1. The predicted octanol–water partition coefficient (Wildman–Crippen LogP) is 6.64. The molecule has 6 heterocycles. The second kappa shape index (κ2) is 8.40. The quantitative estimate of drug-likeness (QED) is 0.271. The molecule has 0 spiro atoms. The molecule has 0 aliphatic rings. The average Bonchev–Trinajstić information content (AvgIpc) is 3.65. The van der Waals surface area contributed by atoms with Gasteiger partial charge in [0.25, 0.3) is 0 Å². The lowest BCUT2D eigenvalue weighted by Crippen LogP contribution is -1.86. The molecule has 0 atom stereocenters. The molecular formula is C22H12N6S4. The van der Waals surface area contributed by atoms with E-state index >= 15 is 0 Å². The summed E-state index contributed by atoms with van der Waals surface area (Å²) in [6.45, 7) is 0. The van der Waals surface area contributed by atoms with Crippen LogP contribution in [0.15, 0.2) is 73.3 Å². The Labute approximate surface area is 199 Å². The number of nitrogens with zero attached hydrogens (tertiary/aromatic N) is 6. The van der Waals surface area contributed by atoms with Crippen LogP contribution in [-0.2, 0) is 0 Å². The van der Waals surface area contributed by atoms with Crippen LogP contribution >= 0.6 is 45.3 Å². The Morgan fingerprint density at radius 2 is 0.688 bits per heavy atom. The Morgan fingerprint density at radius 3 is 1.00 bits per heavy atom. The third-order valence-electron chi connectivity index (χ3n) is 4.56. The van der Waals surface area contributed by atoms with Crippen LogP contribution in [0.25, 0.3) is 50.7 Å². The molecule has 6 nitrogen and oxygen atoms in total. The third kappa shape index (κ3) is 3.78. The van der Waals surface area contributed by atoms with E-state index in [0.717, 1.165) is 9.75 Å². The molecule has 10 heteroatoms. The molecule has 6 rings (SSSR count). The number of aromatic nitrogens is 6. The highest BCUT2D eigenvalue weighted by Gasteiger charge is 2.13. The lowest BCUT2D eigenvalue weighted by atomic mass is 10.3. The molecular weight excluding hydrogens is 477 g/mol. The maximum absolute atomic E-state index is 4.29. The Balaban J connectivity index is 1.24. The summed E-state index contributed by atoms with van der Waals surface area (Å²) >= 11 is 6.96. The van der Waals surface area contributed by atoms with Gasteiger partial charge in [-0.1, -0.05) is 0 Å². The van der Waals surface area contributed by atoms with Crippen LogP contribution < -0.4 is 0 Å². The number of thiophene rings is 4. The van der Waals surface area contributed by atoms with E-state index in [9.17, 15) is 0 Å². The van der Waals surface area contributed by atoms with E-state index < -0.39 is 0 Å². The molecule has 0 fully saturated rings. The van der Waals surface area contributed by atoms with Gasteiger partial charge in [-0.3, -0.25) is 0 Å². The van der Waals surface area contributed by atoms with Gasteiger partial charge in [-0.15, -0.1) is 55.5 Å². The van der Waals surface area contributed by atoms with E-state index in [1.807, 2.05) is 0 Å². The van der Waals surface area contributed by atoms with Crippen molar-refractivity contribution in [3.63, 3.8) is 0 Å². The van der Waals surface area contributed by atoms with E-state index in [1.165, 1.54) is 29.3 Å². The summed E-state index contributed by atoms with van der Waals surface area (Å²) in [6.07, 6.45) is 6.50. The number of rotatable bonds is 5. The van der Waals surface area contributed by atoms with Crippen LogP contribution in [0.2, 0.25) is 0 Å². The lowest BCUT2D eigenvalue weighted by molar-refractivity contribution is 0.983. The molecule has 0 N–H and O–H groups in total. The first-order valence-electron chi connectivity index (χ1n) is 9.52. The molecule has 6 aromatic heterocycles. The van der Waals surface area contributed by atoms with Gasteiger partial charge in [-0.05, 0) is 48.5 Å². The molecule has 0 radical (unpaired) electrons. The van der Waals surface area contributed by atoms with Gasteiger partial charge in [0.05, 0.1) is 22.1 Å². The summed E-state index contributed by atoms with van der Waals surface area (Å²) in [7, 11) is 0. The summed E-state index contributed by atoms with van der Waals surface area (Å²) in [4.78, 5) is 18.0. The summed E-state index contributed by atoms with van der Waals surface area (Å²) in [5.41, 5.74) is 0. The summed E-state index contributed by atoms with van der Waals surface area (Å²) in [5.74, 6) is 1.32. The van der Waals surface area contributed by atoms with Crippen molar-refractivity contribution in [2.75, 3.05) is 0 Å². The Bertz CT molecular complexity index is 1370. The summed E-state index contributed by atoms with van der Waals surface area (Å²) in [6, 6.07) is 17.1. The fraction of sp³-hybridized carbons (Fsp3) is 0. The summed E-state index contributed by atoms with van der Waals surface area (Å²) in [5, 5.41) is 16.1. The topological polar surface area (TPSA) is 77.3 Å². The molecule has 0 amide bonds. The first-order valence-corrected chi connectivity index (χ1v) is 12.8. The van der Waals surface area contributed by atoms with Gasteiger partial charge in [-0.25, -0.2) is 9.97 Å². The van der Waals surface area contributed by atoms with Crippen LogP contribution in [0, 0.1) is 0 Å². The molecule has 0 aliphatic heterocycles. The second-order valence-corrected chi connectivity index (χ2v) is 10.9. The molecule has 154 valence electrons. The van der Waals surface area contributed by atoms with Gasteiger partial charge in [0.2, 0.25) is 0 Å². The fourth-order valence-electron chi connectivity index (χ4n) is 3.11. The van der Waals surface area contributed by atoms with Gasteiger partial charge in [0, 0.05) is 41.7 Å². The first kappa shape index (κ1) is 19.5. The third-order valence-corrected chi connectivity index (χ3v) is 9.48. The van der Waals surface area contributed by atoms with Gasteiger partial charge in [-0.2, -0.15) is 10.2 Å². The van der Waals surface area contributed by atoms with Gasteiger partial charge >= 0.3 is 0 Å². The average molecular weight is 489 g/mol. The van der Waals surface area contributed by atoms with Gasteiger partial charge < -0.3 is 0 Å². The minimum atomic E-state index is 0.662. The molecule has 0 aliphatic carbocycles. The van der Waals surface area contributed by atoms with E-state index in [-0.39, 0.29) is 0 Å². The molecule has 0 unspecified atom stereocenters. The summed E-state index contributed by atoms with van der Waals surface area (Å²) < 4.78 is 0. The first-order chi connectivity index (χ1) is 15.8. The van der Waals surface area contributed by atoms with E-state index in [4.69, 9.17) is 0 Å². The lowest BCUT2D eigenvalue weighted by Gasteiger charge is -1.93. The minimum Gasteiger partial charge on any atom is -0.233 e. The van der Waals surface area contributed by atoms with Crippen LogP contribution in [0.3, 0.4) is 0 Å². The van der Waals surface area contributed by atoms with Gasteiger partial charge in [0.15, 0.2) is 11.6 Å². The monoisotopic (exact) mass is 488 g/mol. The van der Waals surface area contributed by atoms with Crippen molar-refractivity contribution in [3.05, 3.63) is 73.3 Å². The number of hydrogen-bond donors (Lipinski definition) is 0. The SMILES string of the molecule is c1cnc(-c2ccc(-c3ccc(-c4ccc(-c5ccc(-c6nccnn6)s5)s4)s3)s2)nn1. The van der Waals surface area contributed by atoms with Crippen molar-refractivity contribution in [1.29, 1.82) is 0 Å². The largest absolute Gasteiger partial charge is 0.233 e. The van der Waals surface area contributed by atoms with Crippen LogP contribution in [0.1, 0.15) is 0 Å². The van der Waals surface area contributed by atoms with Crippen molar-refractivity contribution in [3.8, 4) is 50.7 Å². The van der Waals surface area contributed by atoms with Crippen molar-refractivity contribution in [2.45, 2.75) is 0 Å². The molecule has 0 saturated carbocycles. The smallest absolute Gasteiger partial charge is 0.191 e. The van der Waals surface area contributed by atoms with Crippen molar-refractivity contribution < 1.29 is 0 Å². The maximum Gasteiger partial charge on any atom is 0.191 e. The van der Waals surface area contributed by atoms with Crippen molar-refractivity contribution in [1.82, 2.24) is 30.4 Å². The Hall–Kier alpha value is -3.18. The van der Waals surface area contributed by atoms with E-state index in [2.05, 4.69) is 78.9 Å². The van der Waals surface area contributed by atoms with E-state index in [0.29, 0.717) is 11.6 Å². The van der Waals surface area contributed by atoms with Crippen molar-refractivity contribution >= 4 is 45.3 Å². The highest BCUT2D eigenvalue weighted by molar-refractivity contribution is 7.29. The molecule has 0 saturated heterocycles. The Morgan fingerprint density at radius 1 is 0.375 bits per heavy atom. The highest BCUT2D eigenvalue weighted by atomic mass is 32.1. The molecule has 0 aromatic carbocycles. The minimum absolute atomic E-state index is 0.662. The fourth-order valence-corrected chi connectivity index (χ4v) is 7.28. The number of hydrogen-bond acceptors (Lipinski definition) is 10. The zero-order valence-corrected chi connectivity index (χ0v) is 19.5. The Kier molecular flexibility index (Phi) is 5.12. The molecule has 32 heavy (non-hydrogen) atoms. The zero-order valence-electron chi connectivity index (χ0n) is 16.2. The zero-order chi connectivity index (χ0) is 21.3. The van der Waals surface area contributed by atoms with Crippen LogP contribution in [0.5, 0.6) is 0 Å². The van der Waals surface area contributed by atoms with E-state index in [1.54, 1.807) is 70.1 Å². The maximum atomic E-state index is 4.29. The van der Waals surface area contributed by atoms with Crippen LogP contribution in [0.4, 0.5) is 0 Å². The molecule has 6 aromatic rings. The van der Waals surface area contributed by atoms with Crippen molar-refractivity contribution in [2.24, 2.45) is 0 Å². The standard InChI is InChI=1S/C22H12N6S4/c1-3-15(17-5-7-19(31-17)21-23-9-11-25-27-21)29-13(1)14-2-4-16(30-14)18-6-8-20(32-18)22-24-10-12-26-28-22/h1-12H.